The van der Waals surface area contributed by atoms with Crippen LogP contribution in [0.15, 0.2) is 6.20 Å². The third-order valence-corrected chi connectivity index (χ3v) is 2.69. The van der Waals surface area contributed by atoms with E-state index in [0.29, 0.717) is 11.2 Å². The predicted molar refractivity (Wildman–Crippen MR) is 57.9 cm³/mol. The third-order valence-electron chi connectivity index (χ3n) is 1.72. The van der Waals surface area contributed by atoms with Gasteiger partial charge in [0.15, 0.2) is 11.6 Å². The minimum absolute atomic E-state index is 0.126. The van der Waals surface area contributed by atoms with Crippen molar-refractivity contribution in [3.63, 3.8) is 0 Å². The van der Waals surface area contributed by atoms with Crippen LogP contribution < -0.4 is 11.1 Å². The number of anilines is 2. The molecule has 0 aliphatic rings. The van der Waals surface area contributed by atoms with Crippen molar-refractivity contribution in [3.8, 4) is 0 Å². The van der Waals surface area contributed by atoms with Crippen LogP contribution in [-0.4, -0.2) is 28.0 Å². The van der Waals surface area contributed by atoms with Gasteiger partial charge in [0.05, 0.1) is 6.20 Å². The molecule has 1 unspecified atom stereocenters. The summed E-state index contributed by atoms with van der Waals surface area (Å²) in [4.78, 5) is 7.51. The Balaban J connectivity index is 2.55. The van der Waals surface area contributed by atoms with Gasteiger partial charge in [-0.3, -0.25) is 0 Å². The molecular formula is C8H13FN4S. The van der Waals surface area contributed by atoms with Gasteiger partial charge in [-0.2, -0.15) is 16.7 Å². The van der Waals surface area contributed by atoms with Crippen molar-refractivity contribution in [2.75, 3.05) is 23.9 Å². The summed E-state index contributed by atoms with van der Waals surface area (Å²) in [6, 6.07) is 0. The molecule has 0 spiro atoms. The van der Waals surface area contributed by atoms with Gasteiger partial charge in [0, 0.05) is 11.8 Å². The summed E-state index contributed by atoms with van der Waals surface area (Å²) < 4.78 is 12.7. The topological polar surface area (TPSA) is 63.8 Å². The maximum atomic E-state index is 12.7. The zero-order valence-corrected chi connectivity index (χ0v) is 8.94. The van der Waals surface area contributed by atoms with Gasteiger partial charge in [-0.25, -0.2) is 9.37 Å². The van der Waals surface area contributed by atoms with Crippen LogP contribution in [0.4, 0.5) is 16.2 Å². The maximum absolute atomic E-state index is 12.7. The molecule has 6 heteroatoms. The molecule has 3 N–H and O–H groups in total. The van der Waals surface area contributed by atoms with Crippen molar-refractivity contribution < 1.29 is 4.39 Å². The van der Waals surface area contributed by atoms with Gasteiger partial charge >= 0.3 is 0 Å². The molecule has 0 saturated heterocycles. The van der Waals surface area contributed by atoms with Crippen molar-refractivity contribution in [2.24, 2.45) is 0 Å². The van der Waals surface area contributed by atoms with Gasteiger partial charge in [0.1, 0.15) is 0 Å². The molecule has 0 fully saturated rings. The fraction of sp³-hybridized carbons (Fsp3) is 0.500. The van der Waals surface area contributed by atoms with E-state index in [9.17, 15) is 4.39 Å². The van der Waals surface area contributed by atoms with Gasteiger partial charge in [-0.15, -0.1) is 0 Å². The van der Waals surface area contributed by atoms with E-state index in [2.05, 4.69) is 22.2 Å². The number of nitrogens with two attached hydrogens (primary N) is 1. The van der Waals surface area contributed by atoms with Gasteiger partial charge in [-0.1, -0.05) is 6.92 Å². The molecule has 1 aromatic rings. The van der Waals surface area contributed by atoms with Crippen LogP contribution in [0.1, 0.15) is 6.92 Å². The lowest BCUT2D eigenvalue weighted by Gasteiger charge is -2.09. The second-order valence-corrected chi connectivity index (χ2v) is 4.13. The molecule has 1 aromatic heterocycles. The molecule has 78 valence electrons. The second kappa shape index (κ2) is 4.99. The van der Waals surface area contributed by atoms with Crippen LogP contribution in [0.2, 0.25) is 0 Å². The van der Waals surface area contributed by atoms with Crippen molar-refractivity contribution in [1.29, 1.82) is 0 Å². The van der Waals surface area contributed by atoms with Gasteiger partial charge in [0.2, 0.25) is 5.95 Å². The zero-order valence-electron chi connectivity index (χ0n) is 8.12. The molecule has 14 heavy (non-hydrogen) atoms. The van der Waals surface area contributed by atoms with E-state index in [1.807, 2.05) is 6.26 Å². The molecule has 0 aliphatic heterocycles. The highest BCUT2D eigenvalue weighted by atomic mass is 32.2. The minimum atomic E-state index is -0.589. The van der Waals surface area contributed by atoms with E-state index >= 15 is 0 Å². The highest BCUT2D eigenvalue weighted by molar-refractivity contribution is 7.99. The van der Waals surface area contributed by atoms with Crippen molar-refractivity contribution >= 4 is 23.5 Å². The Bertz CT molecular complexity index is 307. The highest BCUT2D eigenvalue weighted by Gasteiger charge is 2.04. The lowest BCUT2D eigenvalue weighted by atomic mass is 10.5. The number of thioether (sulfide) groups is 1. The lowest BCUT2D eigenvalue weighted by Crippen LogP contribution is -2.15. The molecule has 1 heterocycles. The van der Waals surface area contributed by atoms with Gasteiger partial charge in [-0.05, 0) is 6.26 Å². The van der Waals surface area contributed by atoms with Crippen LogP contribution in [-0.2, 0) is 0 Å². The Morgan fingerprint density at radius 2 is 2.43 bits per heavy atom. The summed E-state index contributed by atoms with van der Waals surface area (Å²) in [7, 11) is 0. The fourth-order valence-electron chi connectivity index (χ4n) is 0.784. The molecular weight excluding hydrogens is 203 g/mol. The SMILES string of the molecule is CSC(C)CNc1ncc(F)c(N)n1. The summed E-state index contributed by atoms with van der Waals surface area (Å²) in [5, 5.41) is 3.42. The number of nitrogen functional groups attached to an aromatic ring is 1. The molecule has 0 aliphatic carbocycles. The van der Waals surface area contributed by atoms with E-state index in [0.717, 1.165) is 12.7 Å². The van der Waals surface area contributed by atoms with Crippen LogP contribution >= 0.6 is 11.8 Å². The fourth-order valence-corrected chi connectivity index (χ4v) is 1.03. The quantitative estimate of drug-likeness (QED) is 0.795. The summed E-state index contributed by atoms with van der Waals surface area (Å²) in [6.45, 7) is 2.80. The number of rotatable bonds is 4. The third kappa shape index (κ3) is 3.02. The number of nitrogens with one attached hydrogen (secondary N) is 1. The Morgan fingerprint density at radius 3 is 3.00 bits per heavy atom. The first-order valence-corrected chi connectivity index (χ1v) is 5.47. The van der Waals surface area contributed by atoms with Crippen LogP contribution in [0, 0.1) is 5.82 Å². The Labute approximate surface area is 86.5 Å². The first-order valence-electron chi connectivity index (χ1n) is 4.18. The van der Waals surface area contributed by atoms with E-state index in [1.54, 1.807) is 11.8 Å². The van der Waals surface area contributed by atoms with E-state index in [-0.39, 0.29) is 5.82 Å². The number of hydrogen-bond acceptors (Lipinski definition) is 5. The Kier molecular flexibility index (Phi) is 3.94. The number of hydrogen-bond donors (Lipinski definition) is 2. The molecule has 1 rings (SSSR count). The lowest BCUT2D eigenvalue weighted by molar-refractivity contribution is 0.620. The van der Waals surface area contributed by atoms with Crippen molar-refractivity contribution in [1.82, 2.24) is 9.97 Å². The average Bonchev–Trinajstić information content (AvgIpc) is 2.19. The number of halogens is 1. The van der Waals surface area contributed by atoms with E-state index in [1.165, 1.54) is 0 Å². The zero-order chi connectivity index (χ0) is 10.6. The summed E-state index contributed by atoms with van der Waals surface area (Å²) >= 11 is 1.73. The summed E-state index contributed by atoms with van der Waals surface area (Å²) in [6.07, 6.45) is 3.08. The summed E-state index contributed by atoms with van der Waals surface area (Å²) in [5.41, 5.74) is 5.29. The molecule has 0 saturated carbocycles. The monoisotopic (exact) mass is 216 g/mol. The van der Waals surface area contributed by atoms with E-state index in [4.69, 9.17) is 5.73 Å². The predicted octanol–water partition coefficient (Wildman–Crippen LogP) is 1.36. The Hall–Kier alpha value is -1.04. The molecule has 0 aromatic carbocycles. The highest BCUT2D eigenvalue weighted by Crippen LogP contribution is 2.09. The number of nitrogens with zero attached hydrogens (tertiary/aromatic N) is 2. The largest absolute Gasteiger partial charge is 0.381 e. The van der Waals surface area contributed by atoms with Crippen LogP contribution in [0.3, 0.4) is 0 Å². The van der Waals surface area contributed by atoms with Crippen molar-refractivity contribution in [2.45, 2.75) is 12.2 Å². The molecule has 0 amide bonds. The average molecular weight is 216 g/mol. The second-order valence-electron chi connectivity index (χ2n) is 2.85. The standard InChI is InChI=1S/C8H13FN4S/c1-5(14-2)3-11-8-12-4-6(9)7(10)13-8/h4-5H,3H2,1-2H3,(H3,10,11,12,13). The number of aromatic nitrogens is 2. The first kappa shape index (κ1) is 11.0. The molecule has 4 nitrogen and oxygen atoms in total. The normalized spacial score (nSPS) is 12.5. The van der Waals surface area contributed by atoms with Gasteiger partial charge < -0.3 is 11.1 Å². The van der Waals surface area contributed by atoms with Crippen LogP contribution in [0.25, 0.3) is 0 Å². The first-order chi connectivity index (χ1) is 6.63. The molecule has 0 bridgehead atoms. The Morgan fingerprint density at radius 1 is 1.71 bits per heavy atom. The maximum Gasteiger partial charge on any atom is 0.224 e. The smallest absolute Gasteiger partial charge is 0.224 e. The molecule has 0 radical (unpaired) electrons. The van der Waals surface area contributed by atoms with E-state index < -0.39 is 5.82 Å². The molecule has 1 atom stereocenters. The van der Waals surface area contributed by atoms with Crippen molar-refractivity contribution in [3.05, 3.63) is 12.0 Å². The van der Waals surface area contributed by atoms with Gasteiger partial charge in [0.25, 0.3) is 0 Å². The minimum Gasteiger partial charge on any atom is -0.381 e. The summed E-state index contributed by atoms with van der Waals surface area (Å²) in [5.74, 6) is -0.349. The van der Waals surface area contributed by atoms with Crippen LogP contribution in [0.5, 0.6) is 0 Å².